The highest BCUT2D eigenvalue weighted by atomic mass is 19.1. The number of benzene rings is 1. The van der Waals surface area contributed by atoms with Crippen LogP contribution in [0.1, 0.15) is 17.9 Å². The number of nitrogens with one attached hydrogen (secondary N) is 1. The fraction of sp³-hybridized carbons (Fsp3) is 0.462. The van der Waals surface area contributed by atoms with Crippen molar-refractivity contribution in [2.75, 3.05) is 20.2 Å². The zero-order valence-corrected chi connectivity index (χ0v) is 10.1. The fourth-order valence-electron chi connectivity index (χ4n) is 2.42. The second-order valence-electron chi connectivity index (χ2n) is 4.39. The Balaban J connectivity index is 2.30. The first-order valence-electron chi connectivity index (χ1n) is 5.87. The lowest BCUT2D eigenvalue weighted by Gasteiger charge is -2.30. The molecule has 0 amide bonds. The SMILES string of the molecule is COC(=O)[C@@H]1CCNC[C@H]1c1ccc(F)cc1F. The van der Waals surface area contributed by atoms with E-state index in [0.717, 1.165) is 6.07 Å². The molecule has 5 heteroatoms. The van der Waals surface area contributed by atoms with Crippen molar-refractivity contribution in [3.63, 3.8) is 0 Å². The molecule has 1 fully saturated rings. The van der Waals surface area contributed by atoms with E-state index in [2.05, 4.69) is 5.32 Å². The van der Waals surface area contributed by atoms with Gasteiger partial charge in [0.15, 0.2) is 0 Å². The van der Waals surface area contributed by atoms with Crippen LogP contribution in [0.25, 0.3) is 0 Å². The van der Waals surface area contributed by atoms with Crippen molar-refractivity contribution in [3.8, 4) is 0 Å². The van der Waals surface area contributed by atoms with Crippen LogP contribution in [0.4, 0.5) is 8.78 Å². The lowest BCUT2D eigenvalue weighted by Crippen LogP contribution is -2.39. The van der Waals surface area contributed by atoms with Crippen molar-refractivity contribution in [1.82, 2.24) is 5.32 Å². The number of carbonyl (C=O) groups excluding carboxylic acids is 1. The fourth-order valence-corrected chi connectivity index (χ4v) is 2.42. The number of piperidine rings is 1. The van der Waals surface area contributed by atoms with Gasteiger partial charge in [-0.05, 0) is 24.6 Å². The van der Waals surface area contributed by atoms with Gasteiger partial charge in [0.25, 0.3) is 0 Å². The molecule has 0 aromatic heterocycles. The maximum atomic E-state index is 13.8. The summed E-state index contributed by atoms with van der Waals surface area (Å²) in [6.45, 7) is 1.18. The standard InChI is InChI=1S/C13H15F2NO2/c1-18-13(17)10-4-5-16-7-11(10)9-3-2-8(14)6-12(9)15/h2-3,6,10-11,16H,4-5,7H2,1H3/t10-,11+/m1/s1. The van der Waals surface area contributed by atoms with E-state index in [-0.39, 0.29) is 17.8 Å². The number of rotatable bonds is 2. The monoisotopic (exact) mass is 255 g/mol. The maximum absolute atomic E-state index is 13.8. The van der Waals surface area contributed by atoms with Crippen LogP contribution in [0.5, 0.6) is 0 Å². The van der Waals surface area contributed by atoms with Crippen LogP contribution in [-0.4, -0.2) is 26.2 Å². The van der Waals surface area contributed by atoms with E-state index in [1.807, 2.05) is 0 Å². The molecule has 2 rings (SSSR count). The van der Waals surface area contributed by atoms with E-state index in [1.165, 1.54) is 19.2 Å². The minimum absolute atomic E-state index is 0.313. The molecule has 98 valence electrons. The van der Waals surface area contributed by atoms with Crippen molar-refractivity contribution in [2.24, 2.45) is 5.92 Å². The minimum Gasteiger partial charge on any atom is -0.469 e. The minimum atomic E-state index is -0.616. The Hall–Kier alpha value is -1.49. The van der Waals surface area contributed by atoms with Gasteiger partial charge in [-0.25, -0.2) is 8.78 Å². The molecule has 0 saturated carbocycles. The molecule has 3 nitrogen and oxygen atoms in total. The molecule has 1 aliphatic rings. The van der Waals surface area contributed by atoms with Crippen LogP contribution >= 0.6 is 0 Å². The molecular formula is C13H15F2NO2. The van der Waals surface area contributed by atoms with E-state index in [1.54, 1.807) is 0 Å². The van der Waals surface area contributed by atoms with E-state index >= 15 is 0 Å². The van der Waals surface area contributed by atoms with Gasteiger partial charge in [-0.15, -0.1) is 0 Å². The summed E-state index contributed by atoms with van der Waals surface area (Å²) in [5.74, 6) is -2.26. The van der Waals surface area contributed by atoms with Gasteiger partial charge in [0, 0.05) is 18.5 Å². The zero-order chi connectivity index (χ0) is 13.1. The van der Waals surface area contributed by atoms with Gasteiger partial charge in [-0.3, -0.25) is 4.79 Å². The predicted molar refractivity (Wildman–Crippen MR) is 62.1 cm³/mol. The molecule has 1 saturated heterocycles. The molecular weight excluding hydrogens is 240 g/mol. The van der Waals surface area contributed by atoms with Crippen molar-refractivity contribution in [1.29, 1.82) is 0 Å². The summed E-state index contributed by atoms with van der Waals surface area (Å²) in [6, 6.07) is 3.46. The molecule has 1 aromatic rings. The third kappa shape index (κ3) is 2.51. The van der Waals surface area contributed by atoms with Crippen LogP contribution in [0.15, 0.2) is 18.2 Å². The molecule has 0 spiro atoms. The quantitative estimate of drug-likeness (QED) is 0.819. The number of ether oxygens (including phenoxy) is 1. The predicted octanol–water partition coefficient (Wildman–Crippen LogP) is 1.83. The summed E-state index contributed by atoms with van der Waals surface area (Å²) in [7, 11) is 1.32. The molecule has 0 unspecified atom stereocenters. The first-order chi connectivity index (χ1) is 8.63. The van der Waals surface area contributed by atoms with Gasteiger partial charge < -0.3 is 10.1 Å². The summed E-state index contributed by atoms with van der Waals surface area (Å²) < 4.78 is 31.4. The van der Waals surface area contributed by atoms with Gasteiger partial charge in [0.2, 0.25) is 0 Å². The summed E-state index contributed by atoms with van der Waals surface area (Å²) in [6.07, 6.45) is 0.591. The van der Waals surface area contributed by atoms with Crippen LogP contribution in [0, 0.1) is 17.6 Å². The molecule has 18 heavy (non-hydrogen) atoms. The Morgan fingerprint density at radius 2 is 2.22 bits per heavy atom. The van der Waals surface area contributed by atoms with Gasteiger partial charge >= 0.3 is 5.97 Å². The van der Waals surface area contributed by atoms with E-state index in [4.69, 9.17) is 4.74 Å². The maximum Gasteiger partial charge on any atom is 0.309 e. The smallest absolute Gasteiger partial charge is 0.309 e. The van der Waals surface area contributed by atoms with Gasteiger partial charge in [-0.2, -0.15) is 0 Å². The average Bonchev–Trinajstić information content (AvgIpc) is 2.38. The Labute approximate surface area is 104 Å². The first-order valence-corrected chi connectivity index (χ1v) is 5.87. The molecule has 2 atom stereocenters. The van der Waals surface area contributed by atoms with Crippen molar-refractivity contribution in [2.45, 2.75) is 12.3 Å². The summed E-state index contributed by atoms with van der Waals surface area (Å²) in [5, 5.41) is 3.12. The highest BCUT2D eigenvalue weighted by Gasteiger charge is 2.34. The van der Waals surface area contributed by atoms with Crippen LogP contribution in [0.2, 0.25) is 0 Å². The topological polar surface area (TPSA) is 38.3 Å². The van der Waals surface area contributed by atoms with Crippen molar-refractivity contribution < 1.29 is 18.3 Å². The Morgan fingerprint density at radius 1 is 1.44 bits per heavy atom. The average molecular weight is 255 g/mol. The third-order valence-electron chi connectivity index (χ3n) is 3.35. The van der Waals surface area contributed by atoms with Crippen molar-refractivity contribution >= 4 is 5.97 Å². The second-order valence-corrected chi connectivity index (χ2v) is 4.39. The van der Waals surface area contributed by atoms with E-state index in [0.29, 0.717) is 25.1 Å². The number of halogens is 2. The van der Waals surface area contributed by atoms with Crippen LogP contribution < -0.4 is 5.32 Å². The number of hydrogen-bond donors (Lipinski definition) is 1. The summed E-state index contributed by atoms with van der Waals surface area (Å²) >= 11 is 0. The number of esters is 1. The molecule has 0 bridgehead atoms. The van der Waals surface area contributed by atoms with E-state index in [9.17, 15) is 13.6 Å². The Bertz CT molecular complexity index is 451. The molecule has 1 aliphatic heterocycles. The van der Waals surface area contributed by atoms with Crippen LogP contribution in [-0.2, 0) is 9.53 Å². The van der Waals surface area contributed by atoms with Gasteiger partial charge in [0.1, 0.15) is 11.6 Å². The Kier molecular flexibility index (Phi) is 3.91. The molecule has 0 radical (unpaired) electrons. The van der Waals surface area contributed by atoms with E-state index < -0.39 is 11.6 Å². The van der Waals surface area contributed by atoms with Gasteiger partial charge in [-0.1, -0.05) is 6.07 Å². The largest absolute Gasteiger partial charge is 0.469 e. The molecule has 0 aliphatic carbocycles. The normalized spacial score (nSPS) is 23.7. The van der Waals surface area contributed by atoms with Gasteiger partial charge in [0.05, 0.1) is 13.0 Å². The molecule has 1 heterocycles. The summed E-state index contributed by atoms with van der Waals surface area (Å²) in [5.41, 5.74) is 0.360. The first kappa shape index (κ1) is 13.0. The molecule has 1 N–H and O–H groups in total. The lowest BCUT2D eigenvalue weighted by molar-refractivity contribution is -0.147. The van der Waals surface area contributed by atoms with Crippen molar-refractivity contribution in [3.05, 3.63) is 35.4 Å². The second kappa shape index (κ2) is 5.44. The number of carbonyl (C=O) groups is 1. The number of hydrogen-bond acceptors (Lipinski definition) is 3. The summed E-state index contributed by atoms with van der Waals surface area (Å²) in [4.78, 5) is 11.7. The van der Waals surface area contributed by atoms with Crippen LogP contribution in [0.3, 0.4) is 0 Å². The highest BCUT2D eigenvalue weighted by Crippen LogP contribution is 2.32. The zero-order valence-electron chi connectivity index (χ0n) is 10.1. The Morgan fingerprint density at radius 3 is 2.89 bits per heavy atom. The third-order valence-corrected chi connectivity index (χ3v) is 3.35. The molecule has 1 aromatic carbocycles. The highest BCUT2D eigenvalue weighted by molar-refractivity contribution is 5.73. The number of methoxy groups -OCH3 is 1. The lowest BCUT2D eigenvalue weighted by atomic mass is 9.81.